The highest BCUT2D eigenvalue weighted by molar-refractivity contribution is 7.92. The van der Waals surface area contributed by atoms with Gasteiger partial charge in [-0.15, -0.1) is 11.3 Å². The van der Waals surface area contributed by atoms with E-state index in [1.54, 1.807) is 18.5 Å². The molecule has 0 aliphatic carbocycles. The van der Waals surface area contributed by atoms with E-state index in [0.29, 0.717) is 27.8 Å². The van der Waals surface area contributed by atoms with Gasteiger partial charge in [0.25, 0.3) is 5.56 Å². The zero-order valence-corrected chi connectivity index (χ0v) is 19.0. The standard InChI is InChI=1S/C22H17F3N2O4S2/c1-3-33(29,30)26-13-4-5-19(31-20-17(24)8-12(23)9-18(20)25)15(10-13)16-11-27(2)22(28)21-14(16)6-7-32-21/h4-11,26H,3H2,1-2H3. The summed E-state index contributed by atoms with van der Waals surface area (Å²) in [5.74, 6) is -4.58. The lowest BCUT2D eigenvalue weighted by Gasteiger charge is -2.16. The van der Waals surface area contributed by atoms with Gasteiger partial charge in [0.05, 0.1) is 5.75 Å². The van der Waals surface area contributed by atoms with Crippen molar-refractivity contribution in [2.45, 2.75) is 6.92 Å². The monoisotopic (exact) mass is 494 g/mol. The summed E-state index contributed by atoms with van der Waals surface area (Å²) in [5, 5.41) is 2.28. The minimum absolute atomic E-state index is 0.0231. The number of nitrogens with zero attached hydrogens (tertiary/aromatic N) is 1. The molecule has 2 heterocycles. The van der Waals surface area contributed by atoms with Gasteiger partial charge in [-0.1, -0.05) is 0 Å². The number of fused-ring (bicyclic) bond motifs is 1. The van der Waals surface area contributed by atoms with E-state index in [1.165, 1.54) is 47.2 Å². The Morgan fingerprint density at radius 3 is 2.42 bits per heavy atom. The van der Waals surface area contributed by atoms with Crippen LogP contribution in [-0.4, -0.2) is 18.7 Å². The van der Waals surface area contributed by atoms with Crippen molar-refractivity contribution in [1.82, 2.24) is 4.57 Å². The normalized spacial score (nSPS) is 11.7. The molecular weight excluding hydrogens is 477 g/mol. The van der Waals surface area contributed by atoms with Gasteiger partial charge < -0.3 is 9.30 Å². The summed E-state index contributed by atoms with van der Waals surface area (Å²) in [6, 6.07) is 6.85. The summed E-state index contributed by atoms with van der Waals surface area (Å²) >= 11 is 1.22. The number of hydrogen-bond donors (Lipinski definition) is 1. The van der Waals surface area contributed by atoms with Crippen molar-refractivity contribution in [3.63, 3.8) is 0 Å². The third-order valence-corrected chi connectivity index (χ3v) is 7.10. The molecule has 0 aliphatic heterocycles. The zero-order chi connectivity index (χ0) is 23.9. The van der Waals surface area contributed by atoms with Crippen molar-refractivity contribution in [3.05, 3.63) is 75.8 Å². The fraction of sp³-hybridized carbons (Fsp3) is 0.136. The average molecular weight is 495 g/mol. The average Bonchev–Trinajstić information content (AvgIpc) is 3.24. The maximum absolute atomic E-state index is 14.3. The second-order valence-corrected chi connectivity index (χ2v) is 10.1. The van der Waals surface area contributed by atoms with E-state index in [0.717, 1.165) is 0 Å². The Labute approximate surface area is 190 Å². The first-order valence-corrected chi connectivity index (χ1v) is 12.2. The van der Waals surface area contributed by atoms with Crippen LogP contribution in [0.2, 0.25) is 0 Å². The molecule has 0 spiro atoms. The Morgan fingerprint density at radius 2 is 1.76 bits per heavy atom. The first-order valence-electron chi connectivity index (χ1n) is 9.63. The lowest BCUT2D eigenvalue weighted by atomic mass is 10.0. The highest BCUT2D eigenvalue weighted by atomic mass is 32.2. The molecule has 0 saturated carbocycles. The number of nitrogens with one attached hydrogen (secondary N) is 1. The van der Waals surface area contributed by atoms with Gasteiger partial charge in [0, 0.05) is 47.6 Å². The molecular formula is C22H17F3N2O4S2. The maximum atomic E-state index is 14.3. The van der Waals surface area contributed by atoms with Crippen LogP contribution >= 0.6 is 11.3 Å². The minimum atomic E-state index is -3.61. The third kappa shape index (κ3) is 4.46. The molecule has 33 heavy (non-hydrogen) atoms. The van der Waals surface area contributed by atoms with E-state index in [-0.39, 0.29) is 28.3 Å². The molecule has 0 radical (unpaired) electrons. The summed E-state index contributed by atoms with van der Waals surface area (Å²) in [6.07, 6.45) is 1.52. The summed E-state index contributed by atoms with van der Waals surface area (Å²) in [6.45, 7) is 1.47. The van der Waals surface area contributed by atoms with Crippen LogP contribution in [0.1, 0.15) is 6.92 Å². The van der Waals surface area contributed by atoms with E-state index in [1.807, 2.05) is 0 Å². The molecule has 11 heteroatoms. The molecule has 0 fully saturated rings. The van der Waals surface area contributed by atoms with Crippen molar-refractivity contribution in [3.8, 4) is 22.6 Å². The number of anilines is 1. The van der Waals surface area contributed by atoms with Gasteiger partial charge >= 0.3 is 0 Å². The summed E-state index contributed by atoms with van der Waals surface area (Å²) in [4.78, 5) is 12.5. The molecule has 0 saturated heterocycles. The Kier molecular flexibility index (Phi) is 5.93. The van der Waals surface area contributed by atoms with E-state index >= 15 is 0 Å². The fourth-order valence-corrected chi connectivity index (χ4v) is 4.79. The molecule has 2 aromatic heterocycles. The van der Waals surface area contributed by atoms with Crippen LogP contribution in [0.3, 0.4) is 0 Å². The van der Waals surface area contributed by atoms with Gasteiger partial charge in [-0.25, -0.2) is 21.6 Å². The van der Waals surface area contributed by atoms with Crippen molar-refractivity contribution in [2.75, 3.05) is 10.5 Å². The number of rotatable bonds is 6. The third-order valence-electron chi connectivity index (χ3n) is 4.89. The molecule has 0 atom stereocenters. The lowest BCUT2D eigenvalue weighted by Crippen LogP contribution is -2.16. The smallest absolute Gasteiger partial charge is 0.268 e. The van der Waals surface area contributed by atoms with Crippen molar-refractivity contribution < 1.29 is 26.3 Å². The van der Waals surface area contributed by atoms with Crippen molar-refractivity contribution >= 4 is 37.1 Å². The number of aryl methyl sites for hydroxylation is 1. The Bertz CT molecular complexity index is 1520. The molecule has 0 unspecified atom stereocenters. The number of halogens is 3. The number of benzene rings is 2. The number of thiophene rings is 1. The van der Waals surface area contributed by atoms with Gasteiger partial charge in [0.2, 0.25) is 10.0 Å². The van der Waals surface area contributed by atoms with Crippen LogP contribution in [0.5, 0.6) is 11.5 Å². The van der Waals surface area contributed by atoms with Crippen LogP contribution < -0.4 is 15.0 Å². The first-order chi connectivity index (χ1) is 15.6. The van der Waals surface area contributed by atoms with Crippen LogP contribution in [0.25, 0.3) is 21.2 Å². The number of hydrogen-bond acceptors (Lipinski definition) is 5. The molecule has 0 amide bonds. The zero-order valence-electron chi connectivity index (χ0n) is 17.4. The Hall–Kier alpha value is -3.31. The van der Waals surface area contributed by atoms with Crippen LogP contribution in [0.4, 0.5) is 18.9 Å². The summed E-state index contributed by atoms with van der Waals surface area (Å²) < 4.78 is 75.7. The van der Waals surface area contributed by atoms with Gasteiger partial charge in [-0.2, -0.15) is 0 Å². The predicted octanol–water partition coefficient (Wildman–Crippen LogP) is 5.24. The van der Waals surface area contributed by atoms with E-state index in [2.05, 4.69) is 4.72 Å². The highest BCUT2D eigenvalue weighted by Gasteiger charge is 2.20. The number of ether oxygens (including phenoxy) is 1. The quantitative estimate of drug-likeness (QED) is 0.398. The topological polar surface area (TPSA) is 77.4 Å². The Balaban J connectivity index is 1.95. The molecule has 0 aliphatic rings. The number of aromatic nitrogens is 1. The van der Waals surface area contributed by atoms with Gasteiger partial charge in [0.1, 0.15) is 16.3 Å². The van der Waals surface area contributed by atoms with Crippen molar-refractivity contribution in [2.24, 2.45) is 7.05 Å². The first kappa shape index (κ1) is 22.9. The molecule has 4 rings (SSSR count). The van der Waals surface area contributed by atoms with Crippen LogP contribution in [0.15, 0.2) is 52.8 Å². The van der Waals surface area contributed by atoms with E-state index < -0.39 is 33.2 Å². The summed E-state index contributed by atoms with van der Waals surface area (Å²) in [7, 11) is -2.06. The second kappa shape index (κ2) is 8.56. The molecule has 4 aromatic rings. The molecule has 1 N–H and O–H groups in total. The lowest BCUT2D eigenvalue weighted by molar-refractivity contribution is 0.402. The van der Waals surface area contributed by atoms with Gasteiger partial charge in [-0.05, 0) is 36.6 Å². The van der Waals surface area contributed by atoms with E-state index in [4.69, 9.17) is 4.74 Å². The molecule has 2 aromatic carbocycles. The Morgan fingerprint density at radius 1 is 1.06 bits per heavy atom. The molecule has 0 bridgehead atoms. The van der Waals surface area contributed by atoms with E-state index in [9.17, 15) is 26.4 Å². The number of pyridine rings is 1. The van der Waals surface area contributed by atoms with Crippen LogP contribution in [-0.2, 0) is 17.1 Å². The van der Waals surface area contributed by atoms with Gasteiger partial charge in [-0.3, -0.25) is 9.52 Å². The second-order valence-electron chi connectivity index (χ2n) is 7.14. The molecule has 172 valence electrons. The predicted molar refractivity (Wildman–Crippen MR) is 122 cm³/mol. The minimum Gasteiger partial charge on any atom is -0.451 e. The largest absolute Gasteiger partial charge is 0.451 e. The van der Waals surface area contributed by atoms with Crippen LogP contribution in [0, 0.1) is 17.5 Å². The number of sulfonamides is 1. The molecule has 6 nitrogen and oxygen atoms in total. The fourth-order valence-electron chi connectivity index (χ4n) is 3.26. The maximum Gasteiger partial charge on any atom is 0.268 e. The van der Waals surface area contributed by atoms with Gasteiger partial charge in [0.15, 0.2) is 17.4 Å². The highest BCUT2D eigenvalue weighted by Crippen LogP contribution is 2.40. The van der Waals surface area contributed by atoms with Crippen molar-refractivity contribution in [1.29, 1.82) is 0 Å². The summed E-state index contributed by atoms with van der Waals surface area (Å²) in [5.41, 5.74) is 0.707. The SMILES string of the molecule is CCS(=O)(=O)Nc1ccc(Oc2c(F)cc(F)cc2F)c(-c2cn(C)c(=O)c3sccc23)c1.